The molecule has 2 rings (SSSR count). The van der Waals surface area contributed by atoms with E-state index in [9.17, 15) is 14.0 Å². The first-order chi connectivity index (χ1) is 11.3. The summed E-state index contributed by atoms with van der Waals surface area (Å²) in [6.45, 7) is 4.77. The van der Waals surface area contributed by atoms with Gasteiger partial charge in [-0.3, -0.25) is 4.79 Å². The Morgan fingerprint density at radius 2 is 2.04 bits per heavy atom. The van der Waals surface area contributed by atoms with Gasteiger partial charge in [-0.15, -0.1) is 0 Å². The summed E-state index contributed by atoms with van der Waals surface area (Å²) in [4.78, 5) is 24.4. The van der Waals surface area contributed by atoms with Crippen LogP contribution in [0.4, 0.5) is 15.1 Å². The predicted molar refractivity (Wildman–Crippen MR) is 91.0 cm³/mol. The van der Waals surface area contributed by atoms with Gasteiger partial charge in [0.25, 0.3) is 5.91 Å². The predicted octanol–water partition coefficient (Wildman–Crippen LogP) is 3.12. The molecule has 24 heavy (non-hydrogen) atoms. The van der Waals surface area contributed by atoms with Crippen molar-refractivity contribution in [2.24, 2.45) is 0 Å². The largest absolute Gasteiger partial charge is 0.449 e. The van der Waals surface area contributed by atoms with Crippen molar-refractivity contribution >= 4 is 34.1 Å². The lowest BCUT2D eigenvalue weighted by Gasteiger charge is -2.14. The second-order valence-corrected chi connectivity index (χ2v) is 6.00. The maximum absolute atomic E-state index is 13.5. The lowest BCUT2D eigenvalue weighted by atomic mass is 10.2. The Balaban J connectivity index is 2.04. The zero-order valence-electron chi connectivity index (χ0n) is 13.8. The minimum absolute atomic E-state index is 0.301. The maximum Gasteiger partial charge on any atom is 0.343 e. The van der Waals surface area contributed by atoms with Gasteiger partial charge in [-0.2, -0.15) is 4.37 Å². The number of hydrogen-bond acceptors (Lipinski definition) is 6. The van der Waals surface area contributed by atoms with Crippen molar-refractivity contribution in [1.29, 1.82) is 0 Å². The number of amides is 1. The highest BCUT2D eigenvalue weighted by atomic mass is 32.1. The van der Waals surface area contributed by atoms with E-state index in [1.54, 1.807) is 33.0 Å². The number of halogens is 1. The van der Waals surface area contributed by atoms with Gasteiger partial charge in [-0.1, -0.05) is 6.07 Å². The van der Waals surface area contributed by atoms with Gasteiger partial charge in [0.1, 0.15) is 16.4 Å². The Hall–Kier alpha value is -2.48. The molecule has 1 aromatic heterocycles. The fourth-order valence-corrected chi connectivity index (χ4v) is 2.70. The molecule has 1 amide bonds. The minimum atomic E-state index is -1.04. The highest BCUT2D eigenvalue weighted by Gasteiger charge is 2.24. The Bertz CT molecular complexity index is 776. The van der Waals surface area contributed by atoms with Crippen LogP contribution >= 0.6 is 11.5 Å². The van der Waals surface area contributed by atoms with Gasteiger partial charge >= 0.3 is 5.97 Å². The second kappa shape index (κ2) is 7.39. The summed E-state index contributed by atoms with van der Waals surface area (Å²) in [5.41, 5.74) is 1.62. The van der Waals surface area contributed by atoms with Crippen molar-refractivity contribution in [1.82, 2.24) is 4.37 Å². The normalized spacial score (nSPS) is 11.7. The number of aromatic nitrogens is 1. The average Bonchev–Trinajstić information content (AvgIpc) is 2.91. The van der Waals surface area contributed by atoms with Crippen LogP contribution in [0, 0.1) is 19.7 Å². The van der Waals surface area contributed by atoms with Gasteiger partial charge in [0.2, 0.25) is 0 Å². The van der Waals surface area contributed by atoms with Crippen molar-refractivity contribution in [2.75, 3.05) is 17.7 Å². The molecule has 0 saturated carbocycles. The SMILES string of the molecule is CNc1snc(C)c1C(=O)OC(C)C(=O)Nc1ccc(C)c(F)c1. The molecule has 0 aliphatic carbocycles. The van der Waals surface area contributed by atoms with Crippen LogP contribution in [-0.4, -0.2) is 29.4 Å². The number of hydrogen-bond donors (Lipinski definition) is 2. The molecule has 0 aliphatic rings. The third kappa shape index (κ3) is 3.88. The molecule has 128 valence electrons. The smallest absolute Gasteiger partial charge is 0.343 e. The average molecular weight is 351 g/mol. The van der Waals surface area contributed by atoms with Gasteiger partial charge in [0.15, 0.2) is 6.10 Å². The van der Waals surface area contributed by atoms with Crippen LogP contribution in [0.1, 0.15) is 28.5 Å². The first kappa shape index (κ1) is 17.9. The van der Waals surface area contributed by atoms with E-state index >= 15 is 0 Å². The van der Waals surface area contributed by atoms with Crippen molar-refractivity contribution in [2.45, 2.75) is 26.9 Å². The topological polar surface area (TPSA) is 80.3 Å². The standard InChI is InChI=1S/C16H18FN3O3S/c1-8-5-6-11(7-12(8)17)19-14(21)10(3)23-16(22)13-9(2)20-24-15(13)18-4/h5-7,10,18H,1-4H3,(H,19,21). The number of benzene rings is 1. The zero-order valence-corrected chi connectivity index (χ0v) is 14.6. The summed E-state index contributed by atoms with van der Waals surface area (Å²) >= 11 is 1.14. The number of carbonyl (C=O) groups excluding carboxylic acids is 2. The first-order valence-corrected chi connectivity index (χ1v) is 8.02. The van der Waals surface area contributed by atoms with E-state index in [2.05, 4.69) is 15.0 Å². The van der Waals surface area contributed by atoms with Gasteiger partial charge < -0.3 is 15.4 Å². The Kier molecular flexibility index (Phi) is 5.50. The molecule has 0 spiro atoms. The van der Waals surface area contributed by atoms with Crippen LogP contribution in [0.3, 0.4) is 0 Å². The molecule has 0 fully saturated rings. The fourth-order valence-electron chi connectivity index (χ4n) is 1.97. The molecule has 1 unspecified atom stereocenters. The van der Waals surface area contributed by atoms with Crippen LogP contribution in [0.2, 0.25) is 0 Å². The highest BCUT2D eigenvalue weighted by Crippen LogP contribution is 2.25. The van der Waals surface area contributed by atoms with Gasteiger partial charge in [-0.25, -0.2) is 9.18 Å². The monoisotopic (exact) mass is 351 g/mol. The number of rotatable bonds is 5. The van der Waals surface area contributed by atoms with Crippen molar-refractivity contribution < 1.29 is 18.7 Å². The van der Waals surface area contributed by atoms with Crippen LogP contribution in [-0.2, 0) is 9.53 Å². The van der Waals surface area contributed by atoms with Gasteiger partial charge in [-0.05, 0) is 50.0 Å². The van der Waals surface area contributed by atoms with E-state index in [4.69, 9.17) is 4.74 Å². The molecule has 1 atom stereocenters. The molecule has 0 bridgehead atoms. The van der Waals surface area contributed by atoms with Crippen molar-refractivity contribution in [3.05, 3.63) is 40.8 Å². The Morgan fingerprint density at radius 3 is 2.67 bits per heavy atom. The van der Waals surface area contributed by atoms with Crippen molar-refractivity contribution in [3.8, 4) is 0 Å². The lowest BCUT2D eigenvalue weighted by Crippen LogP contribution is -2.30. The third-order valence-electron chi connectivity index (χ3n) is 3.39. The van der Waals surface area contributed by atoms with E-state index in [1.807, 2.05) is 0 Å². The lowest BCUT2D eigenvalue weighted by molar-refractivity contribution is -0.123. The number of ether oxygens (including phenoxy) is 1. The molecule has 0 aliphatic heterocycles. The van der Waals surface area contributed by atoms with E-state index in [-0.39, 0.29) is 0 Å². The summed E-state index contributed by atoms with van der Waals surface area (Å²) in [6.07, 6.45) is -1.04. The van der Waals surface area contributed by atoms with Crippen molar-refractivity contribution in [3.63, 3.8) is 0 Å². The molecule has 0 radical (unpaired) electrons. The molecule has 0 saturated heterocycles. The second-order valence-electron chi connectivity index (χ2n) is 5.22. The molecule has 2 aromatic rings. The summed E-state index contributed by atoms with van der Waals surface area (Å²) in [5.74, 6) is -1.60. The summed E-state index contributed by atoms with van der Waals surface area (Å²) < 4.78 is 22.8. The number of nitrogens with one attached hydrogen (secondary N) is 2. The van der Waals surface area contributed by atoms with E-state index in [1.165, 1.54) is 13.0 Å². The molecule has 1 aromatic carbocycles. The summed E-state index contributed by atoms with van der Waals surface area (Å²) in [6, 6.07) is 4.35. The van der Waals surface area contributed by atoms with E-state index < -0.39 is 23.8 Å². The highest BCUT2D eigenvalue weighted by molar-refractivity contribution is 7.10. The van der Waals surface area contributed by atoms with Crippen LogP contribution in [0.25, 0.3) is 0 Å². The number of aryl methyl sites for hydroxylation is 2. The first-order valence-electron chi connectivity index (χ1n) is 7.25. The number of carbonyl (C=O) groups is 2. The number of esters is 1. The molecular formula is C16H18FN3O3S. The van der Waals surface area contributed by atoms with Crippen LogP contribution in [0.15, 0.2) is 18.2 Å². The molecule has 1 heterocycles. The van der Waals surface area contributed by atoms with Crippen LogP contribution < -0.4 is 10.6 Å². The quantitative estimate of drug-likeness (QED) is 0.809. The zero-order chi connectivity index (χ0) is 17.9. The molecule has 8 heteroatoms. The van der Waals surface area contributed by atoms with E-state index in [0.29, 0.717) is 27.5 Å². The number of anilines is 2. The third-order valence-corrected chi connectivity index (χ3v) is 4.34. The minimum Gasteiger partial charge on any atom is -0.449 e. The van der Waals surface area contributed by atoms with Gasteiger partial charge in [0, 0.05) is 12.7 Å². The molecule has 2 N–H and O–H groups in total. The Morgan fingerprint density at radius 1 is 1.33 bits per heavy atom. The summed E-state index contributed by atoms with van der Waals surface area (Å²) in [7, 11) is 1.67. The van der Waals surface area contributed by atoms with Gasteiger partial charge in [0.05, 0.1) is 5.69 Å². The summed E-state index contributed by atoms with van der Waals surface area (Å²) in [5, 5.41) is 5.96. The maximum atomic E-state index is 13.5. The molecule has 6 nitrogen and oxygen atoms in total. The number of nitrogens with zero attached hydrogens (tertiary/aromatic N) is 1. The Labute approximate surface area is 143 Å². The van der Waals surface area contributed by atoms with Crippen LogP contribution in [0.5, 0.6) is 0 Å². The molecular weight excluding hydrogens is 333 g/mol. The fraction of sp³-hybridized carbons (Fsp3) is 0.312. The van der Waals surface area contributed by atoms with E-state index in [0.717, 1.165) is 11.5 Å².